The van der Waals surface area contributed by atoms with E-state index in [9.17, 15) is 14.7 Å². The minimum atomic E-state index is -0.893. The van der Waals surface area contributed by atoms with Crippen LogP contribution >= 0.6 is 0 Å². The molecule has 0 aliphatic heterocycles. The van der Waals surface area contributed by atoms with Crippen molar-refractivity contribution in [3.63, 3.8) is 0 Å². The standard InChI is InChI=1S/C21H25NO4/c1-2-22(21(25)26-16-18-11-7-4-8-12-18)15-19(20(23)24)14-13-17-9-5-3-6-10-17/h3-12,19H,2,13-16H2,1H3,(H,23,24)/t19-/m1/s1. The molecular weight excluding hydrogens is 330 g/mol. The number of benzene rings is 2. The molecule has 0 aromatic heterocycles. The molecule has 2 aromatic rings. The second kappa shape index (κ2) is 10.2. The van der Waals surface area contributed by atoms with Crippen LogP contribution in [0.1, 0.15) is 24.5 Å². The van der Waals surface area contributed by atoms with Crippen molar-refractivity contribution in [2.75, 3.05) is 13.1 Å². The third-order valence-corrected chi connectivity index (χ3v) is 4.26. The summed E-state index contributed by atoms with van der Waals surface area (Å²) >= 11 is 0. The van der Waals surface area contributed by atoms with E-state index in [0.717, 1.165) is 11.1 Å². The fraction of sp³-hybridized carbons (Fsp3) is 0.333. The Kier molecular flexibility index (Phi) is 7.68. The third-order valence-electron chi connectivity index (χ3n) is 4.26. The largest absolute Gasteiger partial charge is 0.481 e. The number of hydrogen-bond donors (Lipinski definition) is 1. The number of aryl methyl sites for hydroxylation is 1. The highest BCUT2D eigenvalue weighted by Crippen LogP contribution is 2.13. The summed E-state index contributed by atoms with van der Waals surface area (Å²) in [6, 6.07) is 19.2. The van der Waals surface area contributed by atoms with Crippen molar-refractivity contribution >= 4 is 12.1 Å². The fourth-order valence-electron chi connectivity index (χ4n) is 2.69. The molecule has 138 valence electrons. The lowest BCUT2D eigenvalue weighted by Crippen LogP contribution is -2.38. The Balaban J connectivity index is 1.89. The minimum absolute atomic E-state index is 0.145. The van der Waals surface area contributed by atoms with Gasteiger partial charge in [0.1, 0.15) is 6.61 Å². The van der Waals surface area contributed by atoms with Gasteiger partial charge in [-0.1, -0.05) is 60.7 Å². The van der Waals surface area contributed by atoms with Crippen LogP contribution in [0, 0.1) is 5.92 Å². The van der Waals surface area contributed by atoms with Gasteiger partial charge >= 0.3 is 12.1 Å². The van der Waals surface area contributed by atoms with Crippen molar-refractivity contribution in [2.45, 2.75) is 26.4 Å². The maximum Gasteiger partial charge on any atom is 0.410 e. The zero-order valence-electron chi connectivity index (χ0n) is 15.0. The summed E-state index contributed by atoms with van der Waals surface area (Å²) in [6.07, 6.45) is 0.651. The van der Waals surface area contributed by atoms with Crippen molar-refractivity contribution in [2.24, 2.45) is 5.92 Å². The number of ether oxygens (including phenoxy) is 1. The van der Waals surface area contributed by atoms with Crippen LogP contribution in [0.4, 0.5) is 4.79 Å². The molecule has 0 heterocycles. The molecule has 1 amide bonds. The molecule has 5 heteroatoms. The molecule has 5 nitrogen and oxygen atoms in total. The Morgan fingerprint density at radius 2 is 1.58 bits per heavy atom. The van der Waals surface area contributed by atoms with Gasteiger partial charge in [0.05, 0.1) is 5.92 Å². The number of carbonyl (C=O) groups excluding carboxylic acids is 1. The molecular formula is C21H25NO4. The van der Waals surface area contributed by atoms with E-state index in [1.54, 1.807) is 0 Å². The number of carboxylic acid groups (broad SMARTS) is 1. The number of nitrogens with zero attached hydrogens (tertiary/aromatic N) is 1. The molecule has 0 bridgehead atoms. The topological polar surface area (TPSA) is 66.8 Å². The smallest absolute Gasteiger partial charge is 0.410 e. The summed E-state index contributed by atoms with van der Waals surface area (Å²) in [5, 5.41) is 9.51. The highest BCUT2D eigenvalue weighted by molar-refractivity contribution is 5.72. The van der Waals surface area contributed by atoms with Crippen molar-refractivity contribution in [1.29, 1.82) is 0 Å². The van der Waals surface area contributed by atoms with Gasteiger partial charge in [-0.25, -0.2) is 4.79 Å². The Labute approximate surface area is 154 Å². The second-order valence-corrected chi connectivity index (χ2v) is 6.14. The minimum Gasteiger partial charge on any atom is -0.481 e. The first-order chi connectivity index (χ1) is 12.6. The molecule has 0 saturated carbocycles. The second-order valence-electron chi connectivity index (χ2n) is 6.14. The van der Waals surface area contributed by atoms with Gasteiger partial charge in [-0.05, 0) is 30.9 Å². The van der Waals surface area contributed by atoms with Crippen LogP contribution in [0.2, 0.25) is 0 Å². The Bertz CT molecular complexity index is 688. The first-order valence-electron chi connectivity index (χ1n) is 8.82. The van der Waals surface area contributed by atoms with Crippen LogP contribution < -0.4 is 0 Å². The molecule has 1 atom stereocenters. The van der Waals surface area contributed by atoms with Crippen molar-refractivity contribution < 1.29 is 19.4 Å². The van der Waals surface area contributed by atoms with Crippen molar-refractivity contribution in [3.05, 3.63) is 71.8 Å². The highest BCUT2D eigenvalue weighted by atomic mass is 16.6. The van der Waals surface area contributed by atoms with Crippen LogP contribution in [-0.4, -0.2) is 35.2 Å². The van der Waals surface area contributed by atoms with E-state index in [2.05, 4.69) is 0 Å². The lowest BCUT2D eigenvalue weighted by atomic mass is 9.99. The van der Waals surface area contributed by atoms with Gasteiger partial charge in [-0.3, -0.25) is 4.79 Å². The van der Waals surface area contributed by atoms with Gasteiger partial charge in [0.15, 0.2) is 0 Å². The molecule has 0 aliphatic rings. The van der Waals surface area contributed by atoms with Crippen LogP contribution in [0.15, 0.2) is 60.7 Å². The normalized spacial score (nSPS) is 11.6. The van der Waals surface area contributed by atoms with E-state index in [1.165, 1.54) is 4.90 Å². The van der Waals surface area contributed by atoms with E-state index < -0.39 is 18.0 Å². The first kappa shape index (κ1) is 19.5. The van der Waals surface area contributed by atoms with E-state index >= 15 is 0 Å². The van der Waals surface area contributed by atoms with Crippen LogP contribution in [0.25, 0.3) is 0 Å². The molecule has 0 saturated heterocycles. The Morgan fingerprint density at radius 3 is 2.12 bits per heavy atom. The Hall–Kier alpha value is -2.82. The third kappa shape index (κ3) is 6.24. The van der Waals surface area contributed by atoms with Gasteiger partial charge in [0.2, 0.25) is 0 Å². The average Bonchev–Trinajstić information content (AvgIpc) is 2.67. The molecule has 0 radical (unpaired) electrons. The first-order valence-corrected chi connectivity index (χ1v) is 8.82. The zero-order valence-corrected chi connectivity index (χ0v) is 15.0. The molecule has 26 heavy (non-hydrogen) atoms. The summed E-state index contributed by atoms with van der Waals surface area (Å²) in [4.78, 5) is 25.3. The molecule has 0 unspecified atom stereocenters. The van der Waals surface area contributed by atoms with Crippen LogP contribution in [0.3, 0.4) is 0 Å². The van der Waals surface area contributed by atoms with Crippen LogP contribution in [0.5, 0.6) is 0 Å². The SMILES string of the molecule is CCN(C[C@@H](CCc1ccccc1)C(=O)O)C(=O)OCc1ccccc1. The summed E-state index contributed by atoms with van der Waals surface area (Å²) in [6.45, 7) is 2.55. The highest BCUT2D eigenvalue weighted by Gasteiger charge is 2.24. The van der Waals surface area contributed by atoms with Gasteiger partial charge in [0.25, 0.3) is 0 Å². The van der Waals surface area contributed by atoms with E-state index in [0.29, 0.717) is 19.4 Å². The maximum absolute atomic E-state index is 12.3. The number of amides is 1. The maximum atomic E-state index is 12.3. The summed E-state index contributed by atoms with van der Waals surface area (Å²) in [7, 11) is 0. The predicted molar refractivity (Wildman–Crippen MR) is 99.8 cm³/mol. The zero-order chi connectivity index (χ0) is 18.8. The lowest BCUT2D eigenvalue weighted by Gasteiger charge is -2.24. The number of aliphatic carboxylic acids is 1. The molecule has 1 N–H and O–H groups in total. The fourth-order valence-corrected chi connectivity index (χ4v) is 2.69. The molecule has 0 fully saturated rings. The molecule has 2 aromatic carbocycles. The lowest BCUT2D eigenvalue weighted by molar-refractivity contribution is -0.142. The van der Waals surface area contributed by atoms with Gasteiger partial charge in [-0.15, -0.1) is 0 Å². The predicted octanol–water partition coefficient (Wildman–Crippen LogP) is 3.98. The number of carbonyl (C=O) groups is 2. The number of carboxylic acids is 1. The summed E-state index contributed by atoms with van der Waals surface area (Å²) in [5.74, 6) is -1.52. The number of rotatable bonds is 9. The monoisotopic (exact) mass is 355 g/mol. The van der Waals surface area contributed by atoms with Gasteiger partial charge in [-0.2, -0.15) is 0 Å². The number of hydrogen-bond acceptors (Lipinski definition) is 3. The average molecular weight is 355 g/mol. The quantitative estimate of drug-likeness (QED) is 0.739. The molecule has 2 rings (SSSR count). The van der Waals surface area contributed by atoms with Gasteiger partial charge in [0, 0.05) is 13.1 Å². The van der Waals surface area contributed by atoms with Crippen molar-refractivity contribution in [1.82, 2.24) is 4.90 Å². The summed E-state index contributed by atoms with van der Waals surface area (Å²) in [5.41, 5.74) is 1.99. The van der Waals surface area contributed by atoms with Crippen LogP contribution in [-0.2, 0) is 22.6 Å². The van der Waals surface area contributed by atoms with E-state index in [4.69, 9.17) is 4.74 Å². The molecule has 0 spiro atoms. The Morgan fingerprint density at radius 1 is 1.00 bits per heavy atom. The molecule has 0 aliphatic carbocycles. The van der Waals surface area contributed by atoms with Crippen molar-refractivity contribution in [3.8, 4) is 0 Å². The summed E-state index contributed by atoms with van der Waals surface area (Å²) < 4.78 is 5.32. The van der Waals surface area contributed by atoms with Gasteiger partial charge < -0.3 is 14.7 Å². The van der Waals surface area contributed by atoms with E-state index in [-0.39, 0.29) is 13.2 Å². The van der Waals surface area contributed by atoms with E-state index in [1.807, 2.05) is 67.6 Å².